The van der Waals surface area contributed by atoms with Crippen LogP contribution >= 0.6 is 27.3 Å². The Morgan fingerprint density at radius 1 is 1.39 bits per heavy atom. The van der Waals surface area contributed by atoms with E-state index in [4.69, 9.17) is 10.2 Å². The predicted molar refractivity (Wildman–Crippen MR) is 114 cm³/mol. The van der Waals surface area contributed by atoms with Crippen molar-refractivity contribution in [3.63, 3.8) is 0 Å². The molecular formula is C19H14BrF2N5O3S. The Bertz CT molecular complexity index is 1270. The largest absolute Gasteiger partial charge is 0.464 e. The first-order valence-corrected chi connectivity index (χ1v) is 10.5. The number of thiophene rings is 1. The number of aryl methyl sites for hydroxylation is 1. The van der Waals surface area contributed by atoms with Gasteiger partial charge in [-0.15, -0.1) is 11.3 Å². The van der Waals surface area contributed by atoms with Gasteiger partial charge in [0.15, 0.2) is 0 Å². The zero-order valence-electron chi connectivity index (χ0n) is 15.6. The van der Waals surface area contributed by atoms with E-state index in [-0.39, 0.29) is 27.4 Å². The summed E-state index contributed by atoms with van der Waals surface area (Å²) in [6.07, 6.45) is 1.93. The number of anilines is 1. The van der Waals surface area contributed by atoms with E-state index in [2.05, 4.69) is 31.3 Å². The van der Waals surface area contributed by atoms with E-state index in [1.807, 2.05) is 0 Å². The van der Waals surface area contributed by atoms with Gasteiger partial charge in [0.1, 0.15) is 21.2 Å². The molecule has 0 aromatic carbocycles. The third-order valence-electron chi connectivity index (χ3n) is 4.35. The van der Waals surface area contributed by atoms with Gasteiger partial charge in [-0.1, -0.05) is 0 Å². The first-order valence-electron chi connectivity index (χ1n) is 8.90. The number of rotatable bonds is 7. The topological polar surface area (TPSA) is 116 Å². The second-order valence-corrected chi connectivity index (χ2v) is 8.36. The molecule has 0 aliphatic heterocycles. The molecular weight excluding hydrogens is 496 g/mol. The van der Waals surface area contributed by atoms with Gasteiger partial charge >= 0.3 is 0 Å². The van der Waals surface area contributed by atoms with Crippen LogP contribution in [0.4, 0.5) is 14.5 Å². The second kappa shape index (κ2) is 8.55. The van der Waals surface area contributed by atoms with Gasteiger partial charge in [0.05, 0.1) is 22.6 Å². The van der Waals surface area contributed by atoms with Crippen molar-refractivity contribution in [2.24, 2.45) is 5.73 Å². The fourth-order valence-corrected chi connectivity index (χ4v) is 4.37. The van der Waals surface area contributed by atoms with Gasteiger partial charge in [-0.25, -0.2) is 13.8 Å². The number of fused-ring (bicyclic) bond motifs is 1. The van der Waals surface area contributed by atoms with E-state index in [1.165, 1.54) is 12.3 Å². The Kier molecular flexibility index (Phi) is 5.83. The SMILES string of the molecule is NC(=O)c1sc2nc(C(F)F)cc(-c3ccco3)c2c1NC(=O)CCn1cc(Br)cn1. The molecule has 0 aliphatic rings. The molecule has 0 fully saturated rings. The fraction of sp³-hybridized carbons (Fsp3) is 0.158. The van der Waals surface area contributed by atoms with Gasteiger partial charge in [-0.3, -0.25) is 14.3 Å². The first-order chi connectivity index (χ1) is 14.8. The van der Waals surface area contributed by atoms with Crippen LogP contribution in [0.2, 0.25) is 0 Å². The number of amides is 2. The van der Waals surface area contributed by atoms with Crippen molar-refractivity contribution in [3.05, 3.63) is 51.9 Å². The van der Waals surface area contributed by atoms with Crippen molar-refractivity contribution in [1.29, 1.82) is 0 Å². The van der Waals surface area contributed by atoms with E-state index >= 15 is 0 Å². The van der Waals surface area contributed by atoms with Crippen molar-refractivity contribution in [3.8, 4) is 11.3 Å². The van der Waals surface area contributed by atoms with E-state index in [1.54, 1.807) is 29.2 Å². The Morgan fingerprint density at radius 3 is 2.81 bits per heavy atom. The summed E-state index contributed by atoms with van der Waals surface area (Å²) in [5.74, 6) is -0.921. The molecule has 0 saturated heterocycles. The number of nitrogens with two attached hydrogens (primary N) is 1. The van der Waals surface area contributed by atoms with Gasteiger partial charge in [0.25, 0.3) is 12.3 Å². The van der Waals surface area contributed by atoms with E-state index < -0.39 is 23.9 Å². The van der Waals surface area contributed by atoms with E-state index in [0.717, 1.165) is 15.8 Å². The molecule has 8 nitrogen and oxygen atoms in total. The Morgan fingerprint density at radius 2 is 2.19 bits per heavy atom. The second-order valence-electron chi connectivity index (χ2n) is 6.44. The summed E-state index contributed by atoms with van der Waals surface area (Å²) in [5, 5.41) is 7.08. The number of carbonyl (C=O) groups is 2. The van der Waals surface area contributed by atoms with Gasteiger partial charge < -0.3 is 15.5 Å². The molecule has 3 N–H and O–H groups in total. The van der Waals surface area contributed by atoms with Crippen LogP contribution in [0.25, 0.3) is 21.5 Å². The third-order valence-corrected chi connectivity index (χ3v) is 5.86. The lowest BCUT2D eigenvalue weighted by Crippen LogP contribution is -2.18. The number of pyridine rings is 1. The maximum atomic E-state index is 13.4. The number of aromatic nitrogens is 3. The average Bonchev–Trinajstić information content (AvgIpc) is 3.46. The number of hydrogen-bond donors (Lipinski definition) is 2. The van der Waals surface area contributed by atoms with Crippen LogP contribution in [-0.4, -0.2) is 26.6 Å². The number of furan rings is 1. The van der Waals surface area contributed by atoms with Crippen molar-refractivity contribution in [2.75, 3.05) is 5.32 Å². The lowest BCUT2D eigenvalue weighted by molar-refractivity contribution is -0.116. The molecule has 4 aromatic rings. The molecule has 0 saturated carbocycles. The number of primary amides is 1. The summed E-state index contributed by atoms with van der Waals surface area (Å²) in [5.41, 5.74) is 5.42. The minimum absolute atomic E-state index is 0.0110. The standard InChI is InChI=1S/C19H14BrF2N5O3S/c20-9-7-24-27(8-9)4-3-13(28)26-15-14-10(12-2-1-5-30-12)6-11(17(21)22)25-19(14)31-16(15)18(23)29/h1-2,5-8,17H,3-4H2,(H2,23,29)(H,26,28). The zero-order chi connectivity index (χ0) is 22.1. The van der Waals surface area contributed by atoms with Gasteiger partial charge in [-0.2, -0.15) is 5.10 Å². The molecule has 160 valence electrons. The van der Waals surface area contributed by atoms with Crippen LogP contribution in [0.5, 0.6) is 0 Å². The van der Waals surface area contributed by atoms with Gasteiger partial charge in [0, 0.05) is 30.1 Å². The number of nitrogens with zero attached hydrogens (tertiary/aromatic N) is 3. The van der Waals surface area contributed by atoms with Crippen molar-refractivity contribution in [2.45, 2.75) is 19.4 Å². The van der Waals surface area contributed by atoms with Crippen molar-refractivity contribution >= 4 is 55.0 Å². The third kappa shape index (κ3) is 4.35. The molecule has 0 atom stereocenters. The van der Waals surface area contributed by atoms with Crippen LogP contribution in [-0.2, 0) is 11.3 Å². The highest BCUT2D eigenvalue weighted by Gasteiger charge is 2.25. The molecule has 0 bridgehead atoms. The average molecular weight is 510 g/mol. The predicted octanol–water partition coefficient (Wildman–Crippen LogP) is 4.58. The number of carbonyl (C=O) groups excluding carboxylic acids is 2. The lowest BCUT2D eigenvalue weighted by Gasteiger charge is -2.09. The number of nitrogens with one attached hydrogen (secondary N) is 1. The Balaban J connectivity index is 1.76. The normalized spacial score (nSPS) is 11.4. The van der Waals surface area contributed by atoms with Crippen molar-refractivity contribution in [1.82, 2.24) is 14.8 Å². The van der Waals surface area contributed by atoms with Crippen LogP contribution in [0, 0.1) is 0 Å². The molecule has 4 aromatic heterocycles. The summed E-state index contributed by atoms with van der Waals surface area (Å²) in [4.78, 5) is 28.8. The highest BCUT2D eigenvalue weighted by molar-refractivity contribution is 9.10. The van der Waals surface area contributed by atoms with Crippen LogP contribution in [0.15, 0.2) is 45.7 Å². The molecule has 31 heavy (non-hydrogen) atoms. The van der Waals surface area contributed by atoms with E-state index in [9.17, 15) is 18.4 Å². The van der Waals surface area contributed by atoms with Crippen LogP contribution in [0.1, 0.15) is 28.2 Å². The summed E-state index contributed by atoms with van der Waals surface area (Å²) in [7, 11) is 0. The zero-order valence-corrected chi connectivity index (χ0v) is 18.0. The first kappa shape index (κ1) is 21.1. The number of hydrogen-bond acceptors (Lipinski definition) is 6. The molecule has 0 spiro atoms. The summed E-state index contributed by atoms with van der Waals surface area (Å²) in [6, 6.07) is 4.37. The maximum Gasteiger partial charge on any atom is 0.280 e. The Hall–Kier alpha value is -3.12. The monoisotopic (exact) mass is 509 g/mol. The minimum Gasteiger partial charge on any atom is -0.464 e. The fourth-order valence-electron chi connectivity index (χ4n) is 3.03. The molecule has 0 aliphatic carbocycles. The Labute approximate surface area is 186 Å². The molecule has 0 unspecified atom stereocenters. The summed E-state index contributed by atoms with van der Waals surface area (Å²) >= 11 is 4.12. The summed E-state index contributed by atoms with van der Waals surface area (Å²) < 4.78 is 34.5. The van der Waals surface area contributed by atoms with Crippen LogP contribution < -0.4 is 11.1 Å². The summed E-state index contributed by atoms with van der Waals surface area (Å²) in [6.45, 7) is 0.296. The highest BCUT2D eigenvalue weighted by Crippen LogP contribution is 2.42. The minimum atomic E-state index is -2.83. The van der Waals surface area contributed by atoms with E-state index in [0.29, 0.717) is 17.7 Å². The molecule has 4 heterocycles. The molecule has 2 amide bonds. The highest BCUT2D eigenvalue weighted by atomic mass is 79.9. The van der Waals surface area contributed by atoms with Crippen LogP contribution in [0.3, 0.4) is 0 Å². The number of alkyl halides is 2. The molecule has 12 heteroatoms. The van der Waals surface area contributed by atoms with Crippen molar-refractivity contribution < 1.29 is 22.8 Å². The van der Waals surface area contributed by atoms with Gasteiger partial charge in [0.2, 0.25) is 5.91 Å². The number of halogens is 3. The molecule has 4 rings (SSSR count). The molecule has 0 radical (unpaired) electrons. The quantitative estimate of drug-likeness (QED) is 0.378. The lowest BCUT2D eigenvalue weighted by atomic mass is 10.1. The van der Waals surface area contributed by atoms with Gasteiger partial charge in [-0.05, 0) is 34.1 Å². The smallest absolute Gasteiger partial charge is 0.280 e. The maximum absolute atomic E-state index is 13.4.